The smallest absolute Gasteiger partial charge is 0.326 e. The molecule has 104 valence electrons. The molecule has 1 rings (SSSR count). The zero-order chi connectivity index (χ0) is 14.3. The summed E-state index contributed by atoms with van der Waals surface area (Å²) in [6.07, 6.45) is 0.756. The van der Waals surface area contributed by atoms with Crippen molar-refractivity contribution in [2.75, 3.05) is 13.6 Å². The molecule has 0 aromatic heterocycles. The predicted molar refractivity (Wildman–Crippen MR) is 73.1 cm³/mol. The number of amides is 3. The van der Waals surface area contributed by atoms with Gasteiger partial charge in [0, 0.05) is 13.6 Å². The number of rotatable bonds is 4. The van der Waals surface area contributed by atoms with E-state index >= 15 is 0 Å². The largest absolute Gasteiger partial charge is 0.335 e. The highest BCUT2D eigenvalue weighted by atomic mass is 16.2. The molecule has 19 heavy (non-hydrogen) atoms. The van der Waals surface area contributed by atoms with Gasteiger partial charge in [0.25, 0.3) is 5.91 Å². The Kier molecular flexibility index (Phi) is 5.81. The van der Waals surface area contributed by atoms with Crippen LogP contribution in [0.1, 0.15) is 12.5 Å². The van der Waals surface area contributed by atoms with Crippen LogP contribution in [0.25, 0.3) is 0 Å². The summed E-state index contributed by atoms with van der Waals surface area (Å²) >= 11 is 0. The third kappa shape index (κ3) is 5.39. The van der Waals surface area contributed by atoms with Crippen molar-refractivity contribution in [3.05, 3.63) is 35.9 Å². The van der Waals surface area contributed by atoms with Crippen LogP contribution in [0.2, 0.25) is 0 Å². The lowest BCUT2D eigenvalue weighted by Crippen LogP contribution is -2.51. The van der Waals surface area contributed by atoms with Crippen LogP contribution < -0.4 is 16.6 Å². The summed E-state index contributed by atoms with van der Waals surface area (Å²) < 4.78 is 0. The molecule has 1 atom stereocenters. The number of hydrazine groups is 1. The Morgan fingerprint density at radius 2 is 1.89 bits per heavy atom. The van der Waals surface area contributed by atoms with Gasteiger partial charge in [-0.3, -0.25) is 10.2 Å². The summed E-state index contributed by atoms with van der Waals surface area (Å²) in [5.41, 5.74) is 11.1. The molecule has 6 nitrogen and oxygen atoms in total. The van der Waals surface area contributed by atoms with Crippen LogP contribution in [0.3, 0.4) is 0 Å². The number of likely N-dealkylation sites (N-methyl/N-ethyl adjacent to an activating group) is 1. The van der Waals surface area contributed by atoms with E-state index in [0.717, 1.165) is 12.0 Å². The number of benzene rings is 1. The Morgan fingerprint density at radius 3 is 2.47 bits per heavy atom. The standard InChI is InChI=1S/C13H20N4O2/c1-10(14)12(18)15-16-13(19)17(2)9-8-11-6-4-3-5-7-11/h3-7,10H,8-9,14H2,1-2H3,(H,15,18)(H,16,19)/t10-/m0/s1. The number of nitrogens with zero attached hydrogens (tertiary/aromatic N) is 1. The molecule has 0 heterocycles. The molecular formula is C13H20N4O2. The van der Waals surface area contributed by atoms with E-state index in [0.29, 0.717) is 6.54 Å². The van der Waals surface area contributed by atoms with Gasteiger partial charge in [-0.25, -0.2) is 10.2 Å². The first-order valence-corrected chi connectivity index (χ1v) is 6.11. The molecule has 1 aromatic rings. The van der Waals surface area contributed by atoms with E-state index in [1.807, 2.05) is 30.3 Å². The van der Waals surface area contributed by atoms with Crippen LogP contribution in [0.5, 0.6) is 0 Å². The number of nitrogens with two attached hydrogens (primary N) is 1. The molecule has 0 aliphatic heterocycles. The molecule has 0 saturated heterocycles. The number of carbonyl (C=O) groups is 2. The van der Waals surface area contributed by atoms with E-state index < -0.39 is 11.9 Å². The monoisotopic (exact) mass is 264 g/mol. The van der Waals surface area contributed by atoms with Gasteiger partial charge >= 0.3 is 6.03 Å². The average Bonchev–Trinajstić information content (AvgIpc) is 2.42. The van der Waals surface area contributed by atoms with Gasteiger partial charge in [0.2, 0.25) is 0 Å². The highest BCUT2D eigenvalue weighted by molar-refractivity contribution is 5.84. The normalized spacial score (nSPS) is 11.5. The molecule has 0 aliphatic rings. The number of urea groups is 1. The van der Waals surface area contributed by atoms with E-state index in [9.17, 15) is 9.59 Å². The lowest BCUT2D eigenvalue weighted by atomic mass is 10.1. The van der Waals surface area contributed by atoms with Crippen molar-refractivity contribution in [3.8, 4) is 0 Å². The molecule has 0 unspecified atom stereocenters. The zero-order valence-electron chi connectivity index (χ0n) is 11.2. The van der Waals surface area contributed by atoms with Crippen LogP contribution >= 0.6 is 0 Å². The molecule has 0 saturated carbocycles. The first-order chi connectivity index (χ1) is 9.00. The van der Waals surface area contributed by atoms with Gasteiger partial charge in [-0.2, -0.15) is 0 Å². The van der Waals surface area contributed by atoms with Crippen LogP contribution in [0.4, 0.5) is 4.79 Å². The summed E-state index contributed by atoms with van der Waals surface area (Å²) in [6.45, 7) is 2.10. The second-order valence-corrected chi connectivity index (χ2v) is 4.37. The topological polar surface area (TPSA) is 87.5 Å². The van der Waals surface area contributed by atoms with Crippen molar-refractivity contribution >= 4 is 11.9 Å². The van der Waals surface area contributed by atoms with Gasteiger partial charge < -0.3 is 10.6 Å². The van der Waals surface area contributed by atoms with Crippen LogP contribution in [0, 0.1) is 0 Å². The highest BCUT2D eigenvalue weighted by Gasteiger charge is 2.11. The molecule has 0 aliphatic carbocycles. The Balaban J connectivity index is 2.31. The lowest BCUT2D eigenvalue weighted by molar-refractivity contribution is -0.122. The molecule has 6 heteroatoms. The molecule has 1 aromatic carbocycles. The van der Waals surface area contributed by atoms with Gasteiger partial charge in [-0.1, -0.05) is 30.3 Å². The number of nitrogens with one attached hydrogen (secondary N) is 2. The maximum atomic E-state index is 11.7. The Labute approximate surface area is 112 Å². The Hall–Kier alpha value is -2.08. The van der Waals surface area contributed by atoms with Gasteiger partial charge in [-0.05, 0) is 18.9 Å². The second kappa shape index (κ2) is 7.38. The molecule has 0 radical (unpaired) electrons. The average molecular weight is 264 g/mol. The quantitative estimate of drug-likeness (QED) is 0.681. The van der Waals surface area contributed by atoms with Crippen LogP contribution in [0.15, 0.2) is 30.3 Å². The summed E-state index contributed by atoms with van der Waals surface area (Å²) in [7, 11) is 1.66. The van der Waals surface area contributed by atoms with Crippen molar-refractivity contribution in [1.82, 2.24) is 15.8 Å². The van der Waals surface area contributed by atoms with Crippen LogP contribution in [-0.2, 0) is 11.2 Å². The summed E-state index contributed by atoms with van der Waals surface area (Å²) in [4.78, 5) is 24.3. The first-order valence-electron chi connectivity index (χ1n) is 6.11. The van der Waals surface area contributed by atoms with Crippen molar-refractivity contribution < 1.29 is 9.59 Å². The number of hydrogen-bond acceptors (Lipinski definition) is 3. The molecule has 4 N–H and O–H groups in total. The maximum Gasteiger partial charge on any atom is 0.335 e. The SMILES string of the molecule is C[C@H](N)C(=O)NNC(=O)N(C)CCc1ccccc1. The third-order valence-corrected chi connectivity index (χ3v) is 2.63. The fourth-order valence-electron chi connectivity index (χ4n) is 1.37. The van der Waals surface area contributed by atoms with Gasteiger partial charge in [0.1, 0.15) is 0 Å². The lowest BCUT2D eigenvalue weighted by Gasteiger charge is -2.18. The van der Waals surface area contributed by atoms with Crippen molar-refractivity contribution in [2.24, 2.45) is 5.73 Å². The molecule has 3 amide bonds. The minimum absolute atomic E-state index is 0.370. The molecule has 0 spiro atoms. The van der Waals surface area contributed by atoms with Crippen molar-refractivity contribution in [1.29, 1.82) is 0 Å². The summed E-state index contributed by atoms with van der Waals surface area (Å²) in [5, 5.41) is 0. The Morgan fingerprint density at radius 1 is 1.26 bits per heavy atom. The van der Waals surface area contributed by atoms with E-state index in [1.54, 1.807) is 14.0 Å². The molecule has 0 bridgehead atoms. The van der Waals surface area contributed by atoms with E-state index in [4.69, 9.17) is 5.73 Å². The molecule has 0 fully saturated rings. The van der Waals surface area contributed by atoms with Crippen molar-refractivity contribution in [2.45, 2.75) is 19.4 Å². The van der Waals surface area contributed by atoms with E-state index in [1.165, 1.54) is 4.90 Å². The van der Waals surface area contributed by atoms with Gasteiger partial charge in [-0.15, -0.1) is 0 Å². The number of hydrogen-bond donors (Lipinski definition) is 3. The highest BCUT2D eigenvalue weighted by Crippen LogP contribution is 2.00. The second-order valence-electron chi connectivity index (χ2n) is 4.37. The Bertz CT molecular complexity index is 420. The maximum absolute atomic E-state index is 11.7. The number of carbonyl (C=O) groups excluding carboxylic acids is 2. The fraction of sp³-hybridized carbons (Fsp3) is 0.385. The summed E-state index contributed by atoms with van der Waals surface area (Å²) in [6, 6.07) is 8.84. The minimum atomic E-state index is -0.657. The molecular weight excluding hydrogens is 244 g/mol. The predicted octanol–water partition coefficient (Wildman–Crippen LogP) is 0.249. The first kappa shape index (κ1) is 15.0. The van der Waals surface area contributed by atoms with E-state index in [2.05, 4.69) is 10.9 Å². The zero-order valence-corrected chi connectivity index (χ0v) is 11.2. The fourth-order valence-corrected chi connectivity index (χ4v) is 1.37. The van der Waals surface area contributed by atoms with Crippen LogP contribution in [-0.4, -0.2) is 36.5 Å². The summed E-state index contributed by atoms with van der Waals surface area (Å²) in [5.74, 6) is -0.426. The van der Waals surface area contributed by atoms with Crippen molar-refractivity contribution in [3.63, 3.8) is 0 Å². The minimum Gasteiger partial charge on any atom is -0.326 e. The van der Waals surface area contributed by atoms with Gasteiger partial charge in [0.15, 0.2) is 0 Å². The van der Waals surface area contributed by atoms with Gasteiger partial charge in [0.05, 0.1) is 6.04 Å². The van der Waals surface area contributed by atoms with E-state index in [-0.39, 0.29) is 6.03 Å². The third-order valence-electron chi connectivity index (χ3n) is 2.63.